The van der Waals surface area contributed by atoms with Crippen LogP contribution in [-0.4, -0.2) is 33.9 Å². The van der Waals surface area contributed by atoms with Gasteiger partial charge in [-0.15, -0.1) is 0 Å². The van der Waals surface area contributed by atoms with E-state index in [2.05, 4.69) is 8.92 Å². The lowest BCUT2D eigenvalue weighted by molar-refractivity contribution is 0.0442. The van der Waals surface area contributed by atoms with Gasteiger partial charge in [-0.05, 0) is 12.1 Å². The Morgan fingerprint density at radius 3 is 2.28 bits per heavy atom. The molecule has 0 amide bonds. The topological polar surface area (TPSA) is 69.7 Å². The quantitative estimate of drug-likeness (QED) is 0.459. The molecule has 1 aromatic carbocycles. The van der Waals surface area contributed by atoms with E-state index >= 15 is 0 Å². The molecule has 0 aliphatic heterocycles. The van der Waals surface area contributed by atoms with Crippen LogP contribution in [0.1, 0.15) is 10.4 Å². The van der Waals surface area contributed by atoms with Crippen molar-refractivity contribution < 1.29 is 30.9 Å². The van der Waals surface area contributed by atoms with Crippen LogP contribution >= 0.6 is 0 Å². The van der Waals surface area contributed by atoms with Gasteiger partial charge in [-0.2, -0.15) is 8.42 Å². The maximum atomic E-state index is 13.1. The molecule has 100 valence electrons. The van der Waals surface area contributed by atoms with Crippen LogP contribution < -0.4 is 0 Å². The van der Waals surface area contributed by atoms with Crippen molar-refractivity contribution in [2.24, 2.45) is 0 Å². The van der Waals surface area contributed by atoms with E-state index in [0.717, 1.165) is 24.5 Å². The third kappa shape index (κ3) is 4.38. The fraction of sp³-hybridized carbons (Fsp3) is 0.300. The molecular formula is C10H10F2O5S. The fourth-order valence-electron chi connectivity index (χ4n) is 1.08. The minimum absolute atomic E-state index is 0.416. The highest BCUT2D eigenvalue weighted by molar-refractivity contribution is 7.85. The van der Waals surface area contributed by atoms with Crippen LogP contribution in [-0.2, 0) is 19.0 Å². The van der Waals surface area contributed by atoms with Gasteiger partial charge in [-0.1, -0.05) is 6.07 Å². The van der Waals surface area contributed by atoms with Crippen LogP contribution in [0.3, 0.4) is 0 Å². The lowest BCUT2D eigenvalue weighted by atomic mass is 10.2. The lowest BCUT2D eigenvalue weighted by Crippen LogP contribution is -2.15. The minimum atomic E-state index is -3.64. The van der Waals surface area contributed by atoms with E-state index in [1.54, 1.807) is 0 Å². The van der Waals surface area contributed by atoms with Crippen molar-refractivity contribution in [2.45, 2.75) is 0 Å². The summed E-state index contributed by atoms with van der Waals surface area (Å²) in [4.78, 5) is 11.3. The molecule has 0 atom stereocenters. The Labute approximate surface area is 102 Å². The first-order valence-corrected chi connectivity index (χ1v) is 6.58. The van der Waals surface area contributed by atoms with E-state index in [4.69, 9.17) is 0 Å². The van der Waals surface area contributed by atoms with E-state index in [-0.39, 0.29) is 0 Å². The second-order valence-electron chi connectivity index (χ2n) is 3.26. The van der Waals surface area contributed by atoms with Gasteiger partial charge < -0.3 is 4.74 Å². The second kappa shape index (κ2) is 5.87. The summed E-state index contributed by atoms with van der Waals surface area (Å²) < 4.78 is 56.2. The molecular weight excluding hydrogens is 270 g/mol. The lowest BCUT2D eigenvalue weighted by Gasteiger charge is -2.06. The predicted octanol–water partition coefficient (Wildman–Crippen LogP) is 1.10. The van der Waals surface area contributed by atoms with Gasteiger partial charge >= 0.3 is 5.97 Å². The molecule has 0 saturated carbocycles. The summed E-state index contributed by atoms with van der Waals surface area (Å²) in [5.74, 6) is -3.32. The first kappa shape index (κ1) is 14.5. The predicted molar refractivity (Wildman–Crippen MR) is 57.4 cm³/mol. The highest BCUT2D eigenvalue weighted by atomic mass is 32.2. The van der Waals surface area contributed by atoms with Crippen molar-refractivity contribution >= 4 is 16.1 Å². The van der Waals surface area contributed by atoms with Crippen LogP contribution in [0, 0.1) is 11.6 Å². The Bertz CT molecular complexity index is 521. The molecule has 0 spiro atoms. The molecule has 8 heteroatoms. The number of hydrogen-bond acceptors (Lipinski definition) is 5. The van der Waals surface area contributed by atoms with Crippen molar-refractivity contribution in [3.05, 3.63) is 35.4 Å². The number of benzene rings is 1. The van der Waals surface area contributed by atoms with Crippen LogP contribution in [0.5, 0.6) is 0 Å². The second-order valence-corrected chi connectivity index (χ2v) is 4.90. The SMILES string of the molecule is CS(=O)(=O)OCCOC(=O)c1c(F)cccc1F. The number of rotatable bonds is 5. The van der Waals surface area contributed by atoms with E-state index in [1.807, 2.05) is 0 Å². The van der Waals surface area contributed by atoms with Crippen LogP contribution in [0.4, 0.5) is 8.78 Å². The van der Waals surface area contributed by atoms with E-state index in [9.17, 15) is 22.0 Å². The third-order valence-corrected chi connectivity index (χ3v) is 2.38. The Balaban J connectivity index is 2.56. The molecule has 0 aromatic heterocycles. The van der Waals surface area contributed by atoms with Gasteiger partial charge in [0.15, 0.2) is 0 Å². The van der Waals surface area contributed by atoms with E-state index in [0.29, 0.717) is 0 Å². The molecule has 0 heterocycles. The average Bonchev–Trinajstić information content (AvgIpc) is 2.23. The molecule has 0 radical (unpaired) electrons. The summed E-state index contributed by atoms with van der Waals surface area (Å²) in [5, 5.41) is 0. The monoisotopic (exact) mass is 280 g/mol. The molecule has 0 N–H and O–H groups in total. The molecule has 0 unspecified atom stereocenters. The normalized spacial score (nSPS) is 11.3. The van der Waals surface area contributed by atoms with Gasteiger partial charge in [-0.3, -0.25) is 4.18 Å². The number of halogens is 2. The number of ether oxygens (including phenoxy) is 1. The number of hydrogen-bond donors (Lipinski definition) is 0. The number of esters is 1. The smallest absolute Gasteiger partial charge is 0.344 e. The van der Waals surface area contributed by atoms with Crippen LogP contribution in [0.25, 0.3) is 0 Å². The summed E-state index contributed by atoms with van der Waals surface area (Å²) in [6, 6.07) is 2.92. The Hall–Kier alpha value is -1.54. The first-order valence-electron chi connectivity index (χ1n) is 4.77. The summed E-state index contributed by atoms with van der Waals surface area (Å²) in [6.07, 6.45) is 0.825. The van der Waals surface area contributed by atoms with Crippen molar-refractivity contribution in [3.63, 3.8) is 0 Å². The van der Waals surface area contributed by atoms with Gasteiger partial charge in [0.1, 0.15) is 30.4 Å². The maximum Gasteiger partial charge on any atom is 0.344 e. The Morgan fingerprint density at radius 2 is 1.78 bits per heavy atom. The number of carbonyl (C=O) groups excluding carboxylic acids is 1. The van der Waals surface area contributed by atoms with E-state index < -0.39 is 46.5 Å². The highest BCUT2D eigenvalue weighted by Gasteiger charge is 2.18. The Kier molecular flexibility index (Phi) is 4.74. The first-order chi connectivity index (χ1) is 8.31. The molecule has 0 fully saturated rings. The zero-order valence-electron chi connectivity index (χ0n) is 9.35. The van der Waals surface area contributed by atoms with Gasteiger partial charge in [0.25, 0.3) is 10.1 Å². The summed E-state index contributed by atoms with van der Waals surface area (Å²) >= 11 is 0. The van der Waals surface area contributed by atoms with E-state index in [1.165, 1.54) is 0 Å². The maximum absolute atomic E-state index is 13.1. The number of carbonyl (C=O) groups is 1. The molecule has 0 bridgehead atoms. The molecule has 0 saturated heterocycles. The standard InChI is InChI=1S/C10H10F2O5S/c1-18(14,15)17-6-5-16-10(13)9-7(11)3-2-4-8(9)12/h2-4H,5-6H2,1H3. The minimum Gasteiger partial charge on any atom is -0.459 e. The molecule has 1 aromatic rings. The highest BCUT2D eigenvalue weighted by Crippen LogP contribution is 2.13. The van der Waals surface area contributed by atoms with Gasteiger partial charge in [0.05, 0.1) is 6.26 Å². The van der Waals surface area contributed by atoms with Crippen molar-refractivity contribution in [3.8, 4) is 0 Å². The fourth-order valence-corrected chi connectivity index (χ4v) is 1.46. The summed E-state index contributed by atoms with van der Waals surface area (Å²) in [6.45, 7) is -0.847. The summed E-state index contributed by atoms with van der Waals surface area (Å²) in [5.41, 5.74) is -0.822. The average molecular weight is 280 g/mol. The molecule has 1 rings (SSSR count). The summed E-state index contributed by atoms with van der Waals surface area (Å²) in [7, 11) is -3.64. The van der Waals surface area contributed by atoms with Gasteiger partial charge in [-0.25, -0.2) is 13.6 Å². The molecule has 18 heavy (non-hydrogen) atoms. The van der Waals surface area contributed by atoms with Crippen molar-refractivity contribution in [1.82, 2.24) is 0 Å². The third-order valence-electron chi connectivity index (χ3n) is 1.78. The zero-order valence-corrected chi connectivity index (χ0v) is 10.2. The van der Waals surface area contributed by atoms with Gasteiger partial charge in [0.2, 0.25) is 0 Å². The Morgan fingerprint density at radius 1 is 1.22 bits per heavy atom. The van der Waals surface area contributed by atoms with Crippen LogP contribution in [0.15, 0.2) is 18.2 Å². The molecule has 5 nitrogen and oxygen atoms in total. The van der Waals surface area contributed by atoms with Crippen molar-refractivity contribution in [1.29, 1.82) is 0 Å². The van der Waals surface area contributed by atoms with Crippen LogP contribution in [0.2, 0.25) is 0 Å². The van der Waals surface area contributed by atoms with Gasteiger partial charge in [0, 0.05) is 0 Å². The largest absolute Gasteiger partial charge is 0.459 e. The molecule has 0 aliphatic carbocycles. The molecule has 0 aliphatic rings. The van der Waals surface area contributed by atoms with Crippen molar-refractivity contribution in [2.75, 3.05) is 19.5 Å². The zero-order chi connectivity index (χ0) is 13.8.